The average Bonchev–Trinajstić information content (AvgIpc) is 2.82. The molecule has 0 amide bonds. The lowest BCUT2D eigenvalue weighted by molar-refractivity contribution is 0.0702. The minimum atomic E-state index is -1.11. The van der Waals surface area contributed by atoms with Crippen LogP contribution in [0.4, 0.5) is 0 Å². The molecular formula is C22H21NO2. The molecule has 126 valence electrons. The maximum absolute atomic E-state index is 13.2. The SMILES string of the molecule is CN(C)CC#CCC1(Cc2ccccc2)C(=O)c2ccccc2C1=O. The van der Waals surface area contributed by atoms with Gasteiger partial charge in [0.15, 0.2) is 11.6 Å². The minimum Gasteiger partial charge on any atom is -0.299 e. The second kappa shape index (κ2) is 7.04. The van der Waals surface area contributed by atoms with Gasteiger partial charge < -0.3 is 0 Å². The first kappa shape index (κ1) is 17.1. The lowest BCUT2D eigenvalue weighted by Gasteiger charge is -2.23. The maximum Gasteiger partial charge on any atom is 0.178 e. The largest absolute Gasteiger partial charge is 0.299 e. The van der Waals surface area contributed by atoms with E-state index in [0.717, 1.165) is 5.56 Å². The summed E-state index contributed by atoms with van der Waals surface area (Å²) in [6.45, 7) is 0.608. The summed E-state index contributed by atoms with van der Waals surface area (Å²) in [6, 6.07) is 16.8. The summed E-state index contributed by atoms with van der Waals surface area (Å²) >= 11 is 0. The molecule has 0 radical (unpaired) electrons. The Balaban J connectivity index is 1.99. The van der Waals surface area contributed by atoms with Crippen LogP contribution in [-0.2, 0) is 6.42 Å². The number of rotatable bonds is 4. The summed E-state index contributed by atoms with van der Waals surface area (Å²) in [5.74, 6) is 5.94. The van der Waals surface area contributed by atoms with Crippen molar-refractivity contribution in [2.75, 3.05) is 20.6 Å². The van der Waals surface area contributed by atoms with Gasteiger partial charge in [0.25, 0.3) is 0 Å². The molecule has 2 aromatic rings. The molecule has 0 spiro atoms. The number of nitrogens with zero attached hydrogens (tertiary/aromatic N) is 1. The number of hydrogen-bond donors (Lipinski definition) is 0. The molecule has 0 aromatic heterocycles. The van der Waals surface area contributed by atoms with Crippen LogP contribution in [-0.4, -0.2) is 37.1 Å². The van der Waals surface area contributed by atoms with Gasteiger partial charge in [0.1, 0.15) is 5.41 Å². The topological polar surface area (TPSA) is 37.4 Å². The molecular weight excluding hydrogens is 310 g/mol. The quantitative estimate of drug-likeness (QED) is 0.637. The number of carbonyl (C=O) groups is 2. The van der Waals surface area contributed by atoms with Gasteiger partial charge >= 0.3 is 0 Å². The Morgan fingerprint density at radius 2 is 1.40 bits per heavy atom. The van der Waals surface area contributed by atoms with Gasteiger partial charge in [-0.15, -0.1) is 5.92 Å². The highest BCUT2D eigenvalue weighted by Gasteiger charge is 2.52. The van der Waals surface area contributed by atoms with Gasteiger partial charge in [0.05, 0.1) is 6.54 Å². The van der Waals surface area contributed by atoms with Crippen LogP contribution in [0.15, 0.2) is 54.6 Å². The predicted molar refractivity (Wildman–Crippen MR) is 98.6 cm³/mol. The molecule has 3 nitrogen and oxygen atoms in total. The van der Waals surface area contributed by atoms with Crippen LogP contribution in [0.5, 0.6) is 0 Å². The molecule has 3 rings (SSSR count). The van der Waals surface area contributed by atoms with Crippen LogP contribution < -0.4 is 0 Å². The summed E-state index contributed by atoms with van der Waals surface area (Å²) in [7, 11) is 3.88. The zero-order valence-corrected chi connectivity index (χ0v) is 14.6. The fraction of sp³-hybridized carbons (Fsp3) is 0.273. The molecule has 3 heteroatoms. The van der Waals surface area contributed by atoms with E-state index >= 15 is 0 Å². The zero-order valence-electron chi connectivity index (χ0n) is 14.6. The fourth-order valence-electron chi connectivity index (χ4n) is 3.25. The first-order valence-electron chi connectivity index (χ1n) is 8.37. The number of benzene rings is 2. The number of ketones is 2. The third-order valence-electron chi connectivity index (χ3n) is 4.54. The molecule has 2 aromatic carbocycles. The Morgan fingerprint density at radius 3 is 1.96 bits per heavy atom. The zero-order chi connectivity index (χ0) is 17.9. The van der Waals surface area contributed by atoms with Gasteiger partial charge in [-0.25, -0.2) is 0 Å². The van der Waals surface area contributed by atoms with E-state index in [1.54, 1.807) is 24.3 Å². The first-order valence-corrected chi connectivity index (χ1v) is 8.37. The average molecular weight is 331 g/mol. The lowest BCUT2D eigenvalue weighted by atomic mass is 9.74. The molecule has 1 aliphatic rings. The van der Waals surface area contributed by atoms with Crippen molar-refractivity contribution in [2.45, 2.75) is 12.8 Å². The number of Topliss-reactive ketones (excluding diaryl/α,β-unsaturated/α-hetero) is 2. The van der Waals surface area contributed by atoms with Crippen molar-refractivity contribution in [3.8, 4) is 11.8 Å². The third-order valence-corrected chi connectivity index (χ3v) is 4.54. The van der Waals surface area contributed by atoms with E-state index < -0.39 is 5.41 Å². The van der Waals surface area contributed by atoms with Gasteiger partial charge in [-0.2, -0.15) is 0 Å². The standard InChI is InChI=1S/C22H21NO2/c1-23(2)15-9-8-14-22(16-17-10-4-3-5-11-17)20(24)18-12-6-7-13-19(18)21(22)25/h3-7,10-13H,14-16H2,1-2H3. The summed E-state index contributed by atoms with van der Waals surface area (Å²) < 4.78 is 0. The van der Waals surface area contributed by atoms with Gasteiger partial charge in [-0.1, -0.05) is 60.5 Å². The van der Waals surface area contributed by atoms with E-state index in [4.69, 9.17) is 0 Å². The van der Waals surface area contributed by atoms with Crippen molar-refractivity contribution < 1.29 is 9.59 Å². The van der Waals surface area contributed by atoms with E-state index in [9.17, 15) is 9.59 Å². The van der Waals surface area contributed by atoms with Crippen LogP contribution in [0, 0.1) is 17.3 Å². The second-order valence-corrected chi connectivity index (χ2v) is 6.72. The predicted octanol–water partition coefficient (Wildman–Crippen LogP) is 3.25. The summed E-state index contributed by atoms with van der Waals surface area (Å²) in [5.41, 5.74) is 0.923. The lowest BCUT2D eigenvalue weighted by Crippen LogP contribution is -2.35. The Kier molecular flexibility index (Phi) is 4.83. The monoisotopic (exact) mass is 331 g/mol. The summed E-state index contributed by atoms with van der Waals surface area (Å²) in [5, 5.41) is 0. The van der Waals surface area contributed by atoms with Crippen molar-refractivity contribution >= 4 is 11.6 Å². The van der Waals surface area contributed by atoms with Crippen molar-refractivity contribution in [3.05, 3.63) is 71.3 Å². The highest BCUT2D eigenvalue weighted by Crippen LogP contribution is 2.42. The smallest absolute Gasteiger partial charge is 0.178 e. The van der Waals surface area contributed by atoms with Crippen LogP contribution in [0.25, 0.3) is 0 Å². The third kappa shape index (κ3) is 3.26. The Labute approximate surface area is 148 Å². The van der Waals surface area contributed by atoms with Crippen molar-refractivity contribution in [1.29, 1.82) is 0 Å². The van der Waals surface area contributed by atoms with Crippen LogP contribution in [0.2, 0.25) is 0 Å². The molecule has 0 aliphatic heterocycles. The fourth-order valence-corrected chi connectivity index (χ4v) is 3.25. The highest BCUT2D eigenvalue weighted by atomic mass is 16.2. The molecule has 0 unspecified atom stereocenters. The van der Waals surface area contributed by atoms with Crippen molar-refractivity contribution in [2.24, 2.45) is 5.41 Å². The Hall–Kier alpha value is -2.70. The second-order valence-electron chi connectivity index (χ2n) is 6.72. The maximum atomic E-state index is 13.2. The van der Waals surface area contributed by atoms with Gasteiger partial charge in [-0.05, 0) is 26.1 Å². The Morgan fingerprint density at radius 1 is 0.840 bits per heavy atom. The van der Waals surface area contributed by atoms with E-state index in [1.807, 2.05) is 49.3 Å². The molecule has 25 heavy (non-hydrogen) atoms. The van der Waals surface area contributed by atoms with Crippen molar-refractivity contribution in [3.63, 3.8) is 0 Å². The van der Waals surface area contributed by atoms with E-state index in [-0.39, 0.29) is 18.0 Å². The molecule has 0 fully saturated rings. The van der Waals surface area contributed by atoms with E-state index in [1.165, 1.54) is 0 Å². The van der Waals surface area contributed by atoms with E-state index in [0.29, 0.717) is 24.1 Å². The van der Waals surface area contributed by atoms with Crippen LogP contribution in [0.1, 0.15) is 32.7 Å². The molecule has 0 heterocycles. The summed E-state index contributed by atoms with van der Waals surface area (Å²) in [6.07, 6.45) is 0.638. The van der Waals surface area contributed by atoms with Gasteiger partial charge in [-0.3, -0.25) is 14.5 Å². The molecule has 0 saturated carbocycles. The molecule has 0 bridgehead atoms. The van der Waals surface area contributed by atoms with Gasteiger partial charge in [0, 0.05) is 17.5 Å². The molecule has 1 aliphatic carbocycles. The first-order chi connectivity index (χ1) is 12.0. The minimum absolute atomic E-state index is 0.101. The summed E-state index contributed by atoms with van der Waals surface area (Å²) in [4.78, 5) is 28.3. The molecule has 0 saturated heterocycles. The number of hydrogen-bond acceptors (Lipinski definition) is 3. The van der Waals surface area contributed by atoms with Crippen molar-refractivity contribution in [1.82, 2.24) is 4.90 Å². The number of carbonyl (C=O) groups excluding carboxylic acids is 2. The van der Waals surface area contributed by atoms with Crippen LogP contribution >= 0.6 is 0 Å². The normalized spacial score (nSPS) is 15.0. The van der Waals surface area contributed by atoms with Crippen LogP contribution in [0.3, 0.4) is 0 Å². The number of fused-ring (bicyclic) bond motifs is 1. The highest BCUT2D eigenvalue weighted by molar-refractivity contribution is 6.29. The molecule has 0 atom stereocenters. The molecule has 0 N–H and O–H groups in total. The van der Waals surface area contributed by atoms with Gasteiger partial charge in [0.2, 0.25) is 0 Å². The van der Waals surface area contributed by atoms with E-state index in [2.05, 4.69) is 11.8 Å². The Bertz CT molecular complexity index is 821.